The molecule has 2 heterocycles. The minimum Gasteiger partial charge on any atom is -0.508 e. The Morgan fingerprint density at radius 3 is 2.94 bits per heavy atom. The van der Waals surface area contributed by atoms with Gasteiger partial charge in [0.05, 0.1) is 0 Å². The van der Waals surface area contributed by atoms with Gasteiger partial charge in [0.2, 0.25) is 0 Å². The summed E-state index contributed by atoms with van der Waals surface area (Å²) in [5, 5.41) is 13.1. The van der Waals surface area contributed by atoms with Crippen molar-refractivity contribution in [3.05, 3.63) is 29.3 Å². The Balaban J connectivity index is 1.69. The molecule has 1 fully saturated rings. The predicted octanol–water partition coefficient (Wildman–Crippen LogP) is 1.11. The van der Waals surface area contributed by atoms with Gasteiger partial charge >= 0.3 is 0 Å². The van der Waals surface area contributed by atoms with E-state index in [4.69, 9.17) is 0 Å². The standard InChI is InChI=1S/C13H18N2O/c16-13-3-2-10-8-14-12(6-11(10)7-13)9-15-4-1-5-15/h2-3,7,12,14,16H,1,4-6,8-9H2. The second-order valence-electron chi connectivity index (χ2n) is 4.89. The molecule has 16 heavy (non-hydrogen) atoms. The third-order valence-electron chi connectivity index (χ3n) is 3.66. The highest BCUT2D eigenvalue weighted by atomic mass is 16.3. The average molecular weight is 218 g/mol. The smallest absolute Gasteiger partial charge is 0.115 e. The van der Waals surface area contributed by atoms with Gasteiger partial charge < -0.3 is 15.3 Å². The first-order valence-electron chi connectivity index (χ1n) is 6.08. The van der Waals surface area contributed by atoms with Crippen LogP contribution in [0.25, 0.3) is 0 Å². The zero-order valence-corrected chi connectivity index (χ0v) is 9.45. The van der Waals surface area contributed by atoms with Crippen LogP contribution in [0.1, 0.15) is 17.5 Å². The summed E-state index contributed by atoms with van der Waals surface area (Å²) in [5.74, 6) is 0.392. The minimum atomic E-state index is 0.392. The van der Waals surface area contributed by atoms with Crippen LogP contribution in [-0.2, 0) is 13.0 Å². The highest BCUT2D eigenvalue weighted by Crippen LogP contribution is 2.22. The molecule has 0 aromatic heterocycles. The maximum absolute atomic E-state index is 9.48. The molecule has 3 nitrogen and oxygen atoms in total. The number of phenols is 1. The largest absolute Gasteiger partial charge is 0.508 e. The second kappa shape index (κ2) is 4.07. The average Bonchev–Trinajstić information content (AvgIpc) is 2.23. The lowest BCUT2D eigenvalue weighted by molar-refractivity contribution is 0.158. The molecule has 0 spiro atoms. The van der Waals surface area contributed by atoms with E-state index in [2.05, 4.69) is 10.2 Å². The summed E-state index contributed by atoms with van der Waals surface area (Å²) < 4.78 is 0. The predicted molar refractivity (Wildman–Crippen MR) is 63.5 cm³/mol. The van der Waals surface area contributed by atoms with E-state index in [-0.39, 0.29) is 0 Å². The lowest BCUT2D eigenvalue weighted by Crippen LogP contribution is -2.49. The fraction of sp³-hybridized carbons (Fsp3) is 0.538. The number of likely N-dealkylation sites (tertiary alicyclic amines) is 1. The van der Waals surface area contributed by atoms with E-state index in [0.717, 1.165) is 19.5 Å². The van der Waals surface area contributed by atoms with Gasteiger partial charge in [0.15, 0.2) is 0 Å². The summed E-state index contributed by atoms with van der Waals surface area (Å²) in [6.07, 6.45) is 2.39. The van der Waals surface area contributed by atoms with Gasteiger partial charge in [0, 0.05) is 19.1 Å². The normalized spacial score (nSPS) is 24.9. The maximum Gasteiger partial charge on any atom is 0.115 e. The Morgan fingerprint density at radius 1 is 1.31 bits per heavy atom. The molecule has 1 aromatic rings. The van der Waals surface area contributed by atoms with Gasteiger partial charge in [-0.2, -0.15) is 0 Å². The summed E-state index contributed by atoms with van der Waals surface area (Å²) >= 11 is 0. The van der Waals surface area contributed by atoms with Crippen molar-refractivity contribution in [2.45, 2.75) is 25.4 Å². The van der Waals surface area contributed by atoms with E-state index < -0.39 is 0 Å². The Labute approximate surface area is 96.1 Å². The molecule has 1 atom stereocenters. The van der Waals surface area contributed by atoms with Gasteiger partial charge in [-0.1, -0.05) is 6.07 Å². The van der Waals surface area contributed by atoms with Crippen molar-refractivity contribution in [2.24, 2.45) is 0 Å². The molecule has 0 amide bonds. The van der Waals surface area contributed by atoms with Gasteiger partial charge in [-0.15, -0.1) is 0 Å². The molecule has 0 radical (unpaired) electrons. The molecular weight excluding hydrogens is 200 g/mol. The number of hydrogen-bond acceptors (Lipinski definition) is 3. The third kappa shape index (κ3) is 1.93. The Hall–Kier alpha value is -1.06. The molecule has 3 rings (SSSR count). The van der Waals surface area contributed by atoms with Crippen LogP contribution in [0.15, 0.2) is 18.2 Å². The van der Waals surface area contributed by atoms with E-state index in [1.54, 1.807) is 6.07 Å². The van der Waals surface area contributed by atoms with Crippen molar-refractivity contribution >= 4 is 0 Å². The molecule has 2 aliphatic heterocycles. The monoisotopic (exact) mass is 218 g/mol. The van der Waals surface area contributed by atoms with Gasteiger partial charge in [-0.3, -0.25) is 0 Å². The minimum absolute atomic E-state index is 0.392. The van der Waals surface area contributed by atoms with Crippen LogP contribution in [0, 0.1) is 0 Å². The summed E-state index contributed by atoms with van der Waals surface area (Å²) in [5.41, 5.74) is 2.64. The van der Waals surface area contributed by atoms with Crippen molar-refractivity contribution in [1.82, 2.24) is 10.2 Å². The molecule has 0 bridgehead atoms. The van der Waals surface area contributed by atoms with E-state index in [1.165, 1.54) is 30.6 Å². The number of nitrogens with zero attached hydrogens (tertiary/aromatic N) is 1. The highest BCUT2D eigenvalue weighted by Gasteiger charge is 2.23. The Morgan fingerprint density at radius 2 is 2.19 bits per heavy atom. The molecular formula is C13H18N2O. The number of benzene rings is 1. The number of hydrogen-bond donors (Lipinski definition) is 2. The van der Waals surface area contributed by atoms with Crippen LogP contribution in [0.3, 0.4) is 0 Å². The second-order valence-corrected chi connectivity index (χ2v) is 4.89. The summed E-state index contributed by atoms with van der Waals surface area (Å²) in [7, 11) is 0. The van der Waals surface area contributed by atoms with Gasteiger partial charge in [0.1, 0.15) is 5.75 Å². The number of nitrogens with one attached hydrogen (secondary N) is 1. The highest BCUT2D eigenvalue weighted by molar-refractivity contribution is 5.36. The van der Waals surface area contributed by atoms with Crippen LogP contribution < -0.4 is 5.32 Å². The quantitative estimate of drug-likeness (QED) is 0.780. The first-order chi connectivity index (χ1) is 7.81. The fourth-order valence-corrected chi connectivity index (χ4v) is 2.57. The molecule has 3 heteroatoms. The molecule has 2 N–H and O–H groups in total. The topological polar surface area (TPSA) is 35.5 Å². The van der Waals surface area contributed by atoms with Gasteiger partial charge in [0.25, 0.3) is 0 Å². The van der Waals surface area contributed by atoms with E-state index >= 15 is 0 Å². The van der Waals surface area contributed by atoms with Crippen LogP contribution in [0.2, 0.25) is 0 Å². The lowest BCUT2D eigenvalue weighted by atomic mass is 9.95. The van der Waals surface area contributed by atoms with Crippen molar-refractivity contribution in [1.29, 1.82) is 0 Å². The molecule has 2 aliphatic rings. The number of rotatable bonds is 2. The van der Waals surface area contributed by atoms with Crippen LogP contribution in [0.4, 0.5) is 0 Å². The summed E-state index contributed by atoms with van der Waals surface area (Å²) in [4.78, 5) is 2.49. The molecule has 0 aliphatic carbocycles. The number of phenolic OH excluding ortho intramolecular Hbond substituents is 1. The van der Waals surface area contributed by atoms with Crippen molar-refractivity contribution in [3.63, 3.8) is 0 Å². The van der Waals surface area contributed by atoms with E-state index in [9.17, 15) is 5.11 Å². The molecule has 1 saturated heterocycles. The number of aromatic hydroxyl groups is 1. The first kappa shape index (κ1) is 10.1. The van der Waals surface area contributed by atoms with Crippen LogP contribution in [0.5, 0.6) is 5.75 Å². The van der Waals surface area contributed by atoms with Crippen molar-refractivity contribution < 1.29 is 5.11 Å². The zero-order chi connectivity index (χ0) is 11.0. The maximum atomic E-state index is 9.48. The van der Waals surface area contributed by atoms with Crippen LogP contribution in [-0.4, -0.2) is 35.7 Å². The van der Waals surface area contributed by atoms with E-state index in [1.807, 2.05) is 12.1 Å². The molecule has 1 unspecified atom stereocenters. The van der Waals surface area contributed by atoms with Gasteiger partial charge in [-0.25, -0.2) is 0 Å². The molecule has 1 aromatic carbocycles. The summed E-state index contributed by atoms with van der Waals surface area (Å²) in [6, 6.07) is 6.27. The molecule has 0 saturated carbocycles. The Kier molecular flexibility index (Phi) is 2.58. The third-order valence-corrected chi connectivity index (χ3v) is 3.66. The lowest BCUT2D eigenvalue weighted by Gasteiger charge is -2.36. The van der Waals surface area contributed by atoms with E-state index in [0.29, 0.717) is 11.8 Å². The number of fused-ring (bicyclic) bond motifs is 1. The summed E-state index contributed by atoms with van der Waals surface area (Å²) in [6.45, 7) is 4.60. The SMILES string of the molecule is Oc1ccc2c(c1)CC(CN1CCC1)NC2. The van der Waals surface area contributed by atoms with Crippen molar-refractivity contribution in [2.75, 3.05) is 19.6 Å². The van der Waals surface area contributed by atoms with Crippen LogP contribution >= 0.6 is 0 Å². The zero-order valence-electron chi connectivity index (χ0n) is 9.45. The first-order valence-corrected chi connectivity index (χ1v) is 6.08. The van der Waals surface area contributed by atoms with Crippen molar-refractivity contribution in [3.8, 4) is 5.75 Å². The van der Waals surface area contributed by atoms with Gasteiger partial charge in [-0.05, 0) is 49.2 Å². The fourth-order valence-electron chi connectivity index (χ4n) is 2.57. The molecule has 86 valence electrons. The Bertz CT molecular complexity index is 388.